The zero-order valence-electron chi connectivity index (χ0n) is 19.3. The highest BCUT2D eigenvalue weighted by atomic mass is 35.5. The summed E-state index contributed by atoms with van der Waals surface area (Å²) in [7, 11) is 0. The molecule has 2 heterocycles. The van der Waals surface area contributed by atoms with Crippen molar-refractivity contribution in [2.24, 2.45) is 0 Å². The van der Waals surface area contributed by atoms with Crippen LogP contribution in [0.15, 0.2) is 71.4 Å². The second-order valence-electron chi connectivity index (χ2n) is 9.11. The summed E-state index contributed by atoms with van der Waals surface area (Å²) in [5.74, 6) is 0.439. The Labute approximate surface area is 201 Å². The molecule has 2 fully saturated rings. The number of hydrogen-bond donors (Lipinski definition) is 1. The van der Waals surface area contributed by atoms with Crippen molar-refractivity contribution < 1.29 is 9.59 Å². The predicted molar refractivity (Wildman–Crippen MR) is 133 cm³/mol. The highest BCUT2D eigenvalue weighted by Crippen LogP contribution is 2.41. The van der Waals surface area contributed by atoms with Gasteiger partial charge in [-0.25, -0.2) is 0 Å². The summed E-state index contributed by atoms with van der Waals surface area (Å²) in [5.41, 5.74) is 6.66. The van der Waals surface area contributed by atoms with Gasteiger partial charge in [-0.15, -0.1) is 0 Å². The van der Waals surface area contributed by atoms with E-state index in [0.717, 1.165) is 25.9 Å². The molecule has 5 heteroatoms. The Hall–Kier alpha value is -2.69. The molecule has 6 rings (SSSR count). The molecule has 0 saturated carbocycles. The lowest BCUT2D eigenvalue weighted by Gasteiger charge is -2.06. The summed E-state index contributed by atoms with van der Waals surface area (Å²) in [6.07, 6.45) is 6.29. The molecule has 0 aromatic heterocycles. The Morgan fingerprint density at radius 2 is 1.33 bits per heavy atom. The van der Waals surface area contributed by atoms with Crippen LogP contribution in [0.2, 0.25) is 0 Å². The largest absolute Gasteiger partial charge is 0.363 e. The molecule has 1 N–H and O–H groups in total. The number of carbonyl (C=O) groups excluding carboxylic acids is 2. The van der Waals surface area contributed by atoms with E-state index in [1.54, 1.807) is 0 Å². The molecule has 0 bridgehead atoms. The number of benzene rings is 2. The third-order valence-corrected chi connectivity index (χ3v) is 6.51. The summed E-state index contributed by atoms with van der Waals surface area (Å²) >= 11 is 5.45. The molecule has 0 radical (unpaired) electrons. The van der Waals surface area contributed by atoms with Crippen LogP contribution in [0.1, 0.15) is 60.0 Å². The molecule has 0 spiro atoms. The molecule has 4 aliphatic rings. The Balaban J connectivity index is 0.000000130. The molecule has 2 aromatic rings. The molecule has 2 unspecified atom stereocenters. The van der Waals surface area contributed by atoms with Gasteiger partial charge in [0.05, 0.1) is 6.04 Å². The quantitative estimate of drug-likeness (QED) is 0.593. The first kappa shape index (κ1) is 23.5. The lowest BCUT2D eigenvalue weighted by molar-refractivity contribution is -0.114. The summed E-state index contributed by atoms with van der Waals surface area (Å²) in [5, 5.41) is 3.97. The van der Waals surface area contributed by atoms with Gasteiger partial charge in [0.2, 0.25) is 0 Å². The lowest BCUT2D eigenvalue weighted by Crippen LogP contribution is -1.95. The number of rotatable bonds is 3. The van der Waals surface area contributed by atoms with Gasteiger partial charge in [0.15, 0.2) is 11.6 Å². The predicted octanol–water partition coefficient (Wildman–Crippen LogP) is 5.71. The van der Waals surface area contributed by atoms with Crippen molar-refractivity contribution in [3.63, 3.8) is 0 Å². The second kappa shape index (κ2) is 10.5. The van der Waals surface area contributed by atoms with Gasteiger partial charge in [0.1, 0.15) is 0 Å². The maximum atomic E-state index is 11.2. The van der Waals surface area contributed by atoms with Crippen molar-refractivity contribution in [2.45, 2.75) is 51.6 Å². The number of hydrogen-bond acceptors (Lipinski definition) is 4. The minimum Gasteiger partial charge on any atom is -0.363 e. The Bertz CT molecular complexity index is 1070. The van der Waals surface area contributed by atoms with Gasteiger partial charge in [0, 0.05) is 48.8 Å². The monoisotopic (exact) mass is 462 g/mol. The van der Waals surface area contributed by atoms with Crippen LogP contribution < -0.4 is 5.32 Å². The van der Waals surface area contributed by atoms with Crippen LogP contribution in [-0.4, -0.2) is 29.6 Å². The Morgan fingerprint density at radius 1 is 0.788 bits per heavy atom. The first-order chi connectivity index (χ1) is 15.9. The summed E-state index contributed by atoms with van der Waals surface area (Å²) in [6, 6.07) is 18.6. The van der Waals surface area contributed by atoms with E-state index in [-0.39, 0.29) is 11.6 Å². The zero-order valence-corrected chi connectivity index (χ0v) is 20.1. The van der Waals surface area contributed by atoms with Crippen molar-refractivity contribution in [2.75, 3.05) is 13.1 Å². The molecule has 2 aliphatic carbocycles. The van der Waals surface area contributed by atoms with Gasteiger partial charge in [0.25, 0.3) is 0 Å². The van der Waals surface area contributed by atoms with Gasteiger partial charge in [-0.05, 0) is 43.9 Å². The fourth-order valence-corrected chi connectivity index (χ4v) is 4.21. The van der Waals surface area contributed by atoms with E-state index < -0.39 is 0 Å². The van der Waals surface area contributed by atoms with E-state index >= 15 is 0 Å². The number of nitrogens with one attached hydrogen (secondary N) is 1. The van der Waals surface area contributed by atoms with E-state index in [2.05, 4.69) is 72.6 Å². The minimum absolute atomic E-state index is 0.157. The first-order valence-electron chi connectivity index (χ1n) is 11.6. The number of aryl methyl sites for hydroxylation is 2. The van der Waals surface area contributed by atoms with Crippen LogP contribution in [0.4, 0.5) is 0 Å². The molecule has 2 aromatic carbocycles. The number of nitrogens with zero attached hydrogens (tertiary/aromatic N) is 1. The molecule has 2 saturated heterocycles. The Kier molecular flexibility index (Phi) is 7.46. The summed E-state index contributed by atoms with van der Waals surface area (Å²) in [6.45, 7) is 6.45. The van der Waals surface area contributed by atoms with Crippen LogP contribution in [0.5, 0.6) is 0 Å². The molecule has 0 amide bonds. The smallest absolute Gasteiger partial charge is 0.157 e. The molecule has 33 heavy (non-hydrogen) atoms. The number of ketones is 2. The van der Waals surface area contributed by atoms with Crippen LogP contribution in [0, 0.1) is 13.8 Å². The average molecular weight is 463 g/mol. The van der Waals surface area contributed by atoms with Crippen LogP contribution >= 0.6 is 11.6 Å². The van der Waals surface area contributed by atoms with Crippen LogP contribution in [-0.2, 0) is 9.59 Å². The third-order valence-electron chi connectivity index (χ3n) is 6.21. The second-order valence-corrected chi connectivity index (χ2v) is 9.60. The van der Waals surface area contributed by atoms with Crippen molar-refractivity contribution >= 4 is 23.2 Å². The summed E-state index contributed by atoms with van der Waals surface area (Å²) in [4.78, 5) is 23.8. The topological polar surface area (TPSA) is 59.1 Å². The van der Waals surface area contributed by atoms with Crippen LogP contribution in [0.25, 0.3) is 0 Å². The molecule has 2 aliphatic heterocycles. The minimum atomic E-state index is 0.157. The zero-order chi connectivity index (χ0) is 23.4. The molecule has 2 atom stereocenters. The van der Waals surface area contributed by atoms with E-state index in [9.17, 15) is 9.59 Å². The SMILES string of the molecule is Cc1ccc(C2CN2)cc1.Cc1ccc(C2CN2C2=CC(=O)CC2)cc1.O=C1C=C(Cl)CC1. The molecular weight excluding hydrogens is 432 g/mol. The highest BCUT2D eigenvalue weighted by Gasteiger charge is 2.38. The number of halogens is 1. The fourth-order valence-electron chi connectivity index (χ4n) is 3.99. The van der Waals surface area contributed by atoms with Gasteiger partial charge < -0.3 is 10.2 Å². The maximum absolute atomic E-state index is 11.2. The van der Waals surface area contributed by atoms with Crippen molar-refractivity contribution in [3.8, 4) is 0 Å². The van der Waals surface area contributed by atoms with Crippen molar-refractivity contribution in [1.29, 1.82) is 0 Å². The summed E-state index contributed by atoms with van der Waals surface area (Å²) < 4.78 is 0. The highest BCUT2D eigenvalue weighted by molar-refractivity contribution is 6.32. The first-order valence-corrected chi connectivity index (χ1v) is 12.0. The van der Waals surface area contributed by atoms with Crippen molar-refractivity contribution in [1.82, 2.24) is 10.2 Å². The molecular formula is C28H31ClN2O2. The molecule has 4 nitrogen and oxygen atoms in total. The average Bonchev–Trinajstić information content (AvgIpc) is 3.72. The van der Waals surface area contributed by atoms with E-state index in [1.807, 2.05) is 6.08 Å². The van der Waals surface area contributed by atoms with E-state index in [4.69, 9.17) is 11.6 Å². The van der Waals surface area contributed by atoms with E-state index in [1.165, 1.54) is 34.0 Å². The standard InChI is InChI=1S/C14H15NO.C9H11N.C5H5ClO/c1-10-2-4-11(5-3-10)14-9-15(14)12-6-7-13(16)8-12;1-7-2-4-8(5-3-7)9-6-10-9;6-4-1-2-5(7)3-4/h2-5,8,14H,6-7,9H2,1H3;2-5,9-10H,6H2,1H3;3H,1-2H2. The number of allylic oxidation sites excluding steroid dienone is 4. The third kappa shape index (κ3) is 6.89. The van der Waals surface area contributed by atoms with Gasteiger partial charge >= 0.3 is 0 Å². The Morgan fingerprint density at radius 3 is 1.76 bits per heavy atom. The number of carbonyl (C=O) groups is 2. The van der Waals surface area contributed by atoms with Gasteiger partial charge in [-0.1, -0.05) is 71.3 Å². The lowest BCUT2D eigenvalue weighted by atomic mass is 10.1. The van der Waals surface area contributed by atoms with Gasteiger partial charge in [-0.3, -0.25) is 9.59 Å². The normalized spacial score (nSPS) is 22.6. The van der Waals surface area contributed by atoms with Crippen LogP contribution in [0.3, 0.4) is 0 Å². The molecule has 172 valence electrons. The van der Waals surface area contributed by atoms with Gasteiger partial charge in [-0.2, -0.15) is 0 Å². The van der Waals surface area contributed by atoms with Crippen molar-refractivity contribution in [3.05, 3.63) is 93.7 Å². The fraction of sp³-hybridized carbons (Fsp3) is 0.357. The van der Waals surface area contributed by atoms with E-state index in [0.29, 0.717) is 30.0 Å². The maximum Gasteiger partial charge on any atom is 0.157 e.